The molecule has 2 fully saturated rings. The van der Waals surface area contributed by atoms with Crippen LogP contribution < -0.4 is 20.3 Å². The number of amides is 1. The van der Waals surface area contributed by atoms with Gasteiger partial charge in [-0.2, -0.15) is 0 Å². The van der Waals surface area contributed by atoms with Crippen molar-refractivity contribution in [3.8, 4) is 5.75 Å². The van der Waals surface area contributed by atoms with Crippen LogP contribution in [0, 0.1) is 5.92 Å². The lowest BCUT2D eigenvalue weighted by atomic mass is 9.92. The summed E-state index contributed by atoms with van der Waals surface area (Å²) in [6.07, 6.45) is -2.26. The molecular formula is C18H24F3N3O2. The van der Waals surface area contributed by atoms with Crippen molar-refractivity contribution in [2.45, 2.75) is 44.6 Å². The molecule has 1 aromatic carbocycles. The summed E-state index contributed by atoms with van der Waals surface area (Å²) in [5.74, 6) is -0.116. The Bertz CT molecular complexity index is 638. The first-order valence-electron chi connectivity index (χ1n) is 8.94. The molecule has 1 amide bonds. The first kappa shape index (κ1) is 18.8. The van der Waals surface area contributed by atoms with Crippen molar-refractivity contribution in [2.75, 3.05) is 24.5 Å². The summed E-state index contributed by atoms with van der Waals surface area (Å²) in [7, 11) is 0. The first-order valence-corrected chi connectivity index (χ1v) is 8.94. The molecule has 2 aliphatic heterocycles. The molecule has 0 radical (unpaired) electrons. The second-order valence-corrected chi connectivity index (χ2v) is 7.06. The predicted octanol–water partition coefficient (Wildman–Crippen LogP) is 2.67. The van der Waals surface area contributed by atoms with E-state index < -0.39 is 6.36 Å². The Balaban J connectivity index is 1.55. The average Bonchev–Trinajstić information content (AvgIpc) is 3.02. The fourth-order valence-corrected chi connectivity index (χ4v) is 3.68. The Labute approximate surface area is 150 Å². The van der Waals surface area contributed by atoms with E-state index in [-0.39, 0.29) is 23.6 Å². The molecule has 2 aliphatic rings. The van der Waals surface area contributed by atoms with E-state index in [1.54, 1.807) is 12.1 Å². The molecular weight excluding hydrogens is 347 g/mol. The Kier molecular flexibility index (Phi) is 5.60. The molecule has 0 aromatic heterocycles. The zero-order valence-electron chi connectivity index (χ0n) is 14.7. The summed E-state index contributed by atoms with van der Waals surface area (Å²) in [5, 5.41) is 6.43. The van der Waals surface area contributed by atoms with E-state index in [4.69, 9.17) is 0 Å². The Morgan fingerprint density at radius 3 is 2.88 bits per heavy atom. The van der Waals surface area contributed by atoms with Crippen molar-refractivity contribution in [1.82, 2.24) is 10.6 Å². The number of alkyl halides is 3. The minimum absolute atomic E-state index is 0.0138. The highest BCUT2D eigenvalue weighted by molar-refractivity contribution is 5.79. The van der Waals surface area contributed by atoms with E-state index in [1.807, 2.05) is 4.90 Å². The van der Waals surface area contributed by atoms with Crippen LogP contribution in [0.3, 0.4) is 0 Å². The van der Waals surface area contributed by atoms with E-state index in [1.165, 1.54) is 12.1 Å². The molecule has 2 heterocycles. The standard InChI is InChI=1S/C18H24F3N3O2/c1-12-9-13(5-7-22-12)17(25)23-14-6-8-24(11-14)15-3-2-4-16(10-15)26-18(19,20)21/h2-4,10,12-14,22H,5-9,11H2,1H3,(H,23,25)/t12-,13-,14?/m0/s1. The molecule has 1 unspecified atom stereocenters. The number of piperidine rings is 1. The topological polar surface area (TPSA) is 53.6 Å². The number of hydrogen-bond acceptors (Lipinski definition) is 4. The number of nitrogens with zero attached hydrogens (tertiary/aromatic N) is 1. The maximum Gasteiger partial charge on any atom is 0.573 e. The molecule has 0 saturated carbocycles. The van der Waals surface area contributed by atoms with Crippen LogP contribution in [0.4, 0.5) is 18.9 Å². The number of hydrogen-bond donors (Lipinski definition) is 2. The Morgan fingerprint density at radius 1 is 1.35 bits per heavy atom. The molecule has 8 heteroatoms. The lowest BCUT2D eigenvalue weighted by molar-refractivity contribution is -0.274. The Hall–Kier alpha value is -1.96. The number of rotatable bonds is 4. The van der Waals surface area contributed by atoms with Gasteiger partial charge in [-0.05, 0) is 44.9 Å². The number of ether oxygens (including phenoxy) is 1. The molecule has 2 saturated heterocycles. The third-order valence-electron chi connectivity index (χ3n) is 4.95. The van der Waals surface area contributed by atoms with E-state index >= 15 is 0 Å². The Morgan fingerprint density at radius 2 is 2.15 bits per heavy atom. The minimum Gasteiger partial charge on any atom is -0.406 e. The molecule has 144 valence electrons. The van der Waals surface area contributed by atoms with Gasteiger partial charge in [0.2, 0.25) is 5.91 Å². The maximum absolute atomic E-state index is 12.5. The number of benzene rings is 1. The fraction of sp³-hybridized carbons (Fsp3) is 0.611. The molecule has 0 aliphatic carbocycles. The number of carbonyl (C=O) groups excluding carboxylic acids is 1. The molecule has 0 spiro atoms. The van der Waals surface area contributed by atoms with E-state index in [0.717, 1.165) is 25.8 Å². The maximum atomic E-state index is 12.5. The SMILES string of the molecule is C[C@H]1C[C@@H](C(=O)NC2CCN(c3cccc(OC(F)(F)F)c3)C2)CCN1. The number of nitrogens with one attached hydrogen (secondary N) is 2. The van der Waals surface area contributed by atoms with Gasteiger partial charge >= 0.3 is 6.36 Å². The zero-order chi connectivity index (χ0) is 18.7. The van der Waals surface area contributed by atoms with Gasteiger partial charge in [0.15, 0.2) is 0 Å². The van der Waals surface area contributed by atoms with Crippen LogP contribution in [0.15, 0.2) is 24.3 Å². The largest absolute Gasteiger partial charge is 0.573 e. The number of carbonyl (C=O) groups is 1. The van der Waals surface area contributed by atoms with Crippen LogP contribution in [0.5, 0.6) is 5.75 Å². The van der Waals surface area contributed by atoms with Gasteiger partial charge in [-0.15, -0.1) is 13.2 Å². The number of halogens is 3. The van der Waals surface area contributed by atoms with Crippen LogP contribution in [0.2, 0.25) is 0 Å². The minimum atomic E-state index is -4.70. The highest BCUT2D eigenvalue weighted by Crippen LogP contribution is 2.28. The molecule has 1 aromatic rings. The van der Waals surface area contributed by atoms with Gasteiger partial charge in [-0.3, -0.25) is 4.79 Å². The summed E-state index contributed by atoms with van der Waals surface area (Å²) in [6, 6.07) is 6.31. The smallest absolute Gasteiger partial charge is 0.406 e. The summed E-state index contributed by atoms with van der Waals surface area (Å²) in [5.41, 5.74) is 0.666. The van der Waals surface area contributed by atoms with Crippen molar-refractivity contribution in [3.63, 3.8) is 0 Å². The third-order valence-corrected chi connectivity index (χ3v) is 4.95. The summed E-state index contributed by atoms with van der Waals surface area (Å²) < 4.78 is 41.1. The van der Waals surface area contributed by atoms with Crippen molar-refractivity contribution < 1.29 is 22.7 Å². The van der Waals surface area contributed by atoms with Crippen molar-refractivity contribution in [2.24, 2.45) is 5.92 Å². The summed E-state index contributed by atoms with van der Waals surface area (Å²) in [6.45, 7) is 4.19. The number of anilines is 1. The predicted molar refractivity (Wildman–Crippen MR) is 92.1 cm³/mol. The summed E-state index contributed by atoms with van der Waals surface area (Å²) in [4.78, 5) is 14.4. The monoisotopic (exact) mass is 371 g/mol. The van der Waals surface area contributed by atoms with Gasteiger partial charge in [-0.1, -0.05) is 6.07 Å². The molecule has 0 bridgehead atoms. The molecule has 5 nitrogen and oxygen atoms in total. The quantitative estimate of drug-likeness (QED) is 0.855. The van der Waals surface area contributed by atoms with Crippen LogP contribution in [-0.4, -0.2) is 44.0 Å². The van der Waals surface area contributed by atoms with E-state index in [0.29, 0.717) is 24.8 Å². The van der Waals surface area contributed by atoms with Gasteiger partial charge in [0.25, 0.3) is 0 Å². The first-order chi connectivity index (χ1) is 12.3. The van der Waals surface area contributed by atoms with Crippen LogP contribution in [0.1, 0.15) is 26.2 Å². The van der Waals surface area contributed by atoms with E-state index in [2.05, 4.69) is 22.3 Å². The van der Waals surface area contributed by atoms with E-state index in [9.17, 15) is 18.0 Å². The average molecular weight is 371 g/mol. The molecule has 2 N–H and O–H groups in total. The third kappa shape index (κ3) is 5.03. The van der Waals surface area contributed by atoms with Crippen LogP contribution >= 0.6 is 0 Å². The van der Waals surface area contributed by atoms with Crippen molar-refractivity contribution in [1.29, 1.82) is 0 Å². The second-order valence-electron chi connectivity index (χ2n) is 7.06. The van der Waals surface area contributed by atoms with Gasteiger partial charge in [0.05, 0.1) is 0 Å². The lowest BCUT2D eigenvalue weighted by Gasteiger charge is -2.28. The molecule has 3 rings (SSSR count). The lowest BCUT2D eigenvalue weighted by Crippen LogP contribution is -2.46. The van der Waals surface area contributed by atoms with Gasteiger partial charge in [0.1, 0.15) is 5.75 Å². The van der Waals surface area contributed by atoms with Crippen LogP contribution in [-0.2, 0) is 4.79 Å². The summed E-state index contributed by atoms with van der Waals surface area (Å²) >= 11 is 0. The highest BCUT2D eigenvalue weighted by atomic mass is 19.4. The van der Waals surface area contributed by atoms with Gasteiger partial charge in [0, 0.05) is 42.8 Å². The van der Waals surface area contributed by atoms with Gasteiger partial charge in [-0.25, -0.2) is 0 Å². The molecule has 26 heavy (non-hydrogen) atoms. The molecule has 3 atom stereocenters. The zero-order valence-corrected chi connectivity index (χ0v) is 14.7. The highest BCUT2D eigenvalue weighted by Gasteiger charge is 2.32. The van der Waals surface area contributed by atoms with Crippen molar-refractivity contribution in [3.05, 3.63) is 24.3 Å². The normalized spacial score (nSPS) is 26.6. The van der Waals surface area contributed by atoms with Gasteiger partial charge < -0.3 is 20.3 Å². The fourth-order valence-electron chi connectivity index (χ4n) is 3.68. The second kappa shape index (κ2) is 7.73. The van der Waals surface area contributed by atoms with Crippen molar-refractivity contribution >= 4 is 11.6 Å². The van der Waals surface area contributed by atoms with Crippen LogP contribution in [0.25, 0.3) is 0 Å².